The summed E-state index contributed by atoms with van der Waals surface area (Å²) in [5.41, 5.74) is 1.26. The molecule has 5 nitrogen and oxygen atoms in total. The summed E-state index contributed by atoms with van der Waals surface area (Å²) in [5, 5.41) is 14.8. The summed E-state index contributed by atoms with van der Waals surface area (Å²) in [7, 11) is 1.81. The monoisotopic (exact) mass is 341 g/mol. The molecule has 0 aliphatic carbocycles. The summed E-state index contributed by atoms with van der Waals surface area (Å²) in [6.45, 7) is 2.00. The molecular formula is C14H14F3N5S. The summed E-state index contributed by atoms with van der Waals surface area (Å²) < 4.78 is 39.5. The van der Waals surface area contributed by atoms with Crippen molar-refractivity contribution in [2.24, 2.45) is 0 Å². The van der Waals surface area contributed by atoms with E-state index in [9.17, 15) is 13.2 Å². The van der Waals surface area contributed by atoms with Crippen LogP contribution in [-0.4, -0.2) is 32.9 Å². The minimum atomic E-state index is -4.59. The first kappa shape index (κ1) is 15.7. The number of anilines is 1. The summed E-state index contributed by atoms with van der Waals surface area (Å²) in [6, 6.07) is 5.25. The maximum atomic E-state index is 12.9. The molecular weight excluding hydrogens is 327 g/mol. The van der Waals surface area contributed by atoms with Crippen molar-refractivity contribution in [1.29, 1.82) is 0 Å². The van der Waals surface area contributed by atoms with Crippen LogP contribution in [0.4, 0.5) is 19.0 Å². The van der Waals surface area contributed by atoms with Gasteiger partial charge in [0.2, 0.25) is 0 Å². The van der Waals surface area contributed by atoms with Crippen molar-refractivity contribution in [3.63, 3.8) is 0 Å². The molecule has 0 bridgehead atoms. The standard InChI is InChI=1S/C14H14F3N5S/c1-9(7-10-5-6-23-8-10)21(2)12-4-3-11-18-19-13(14(15,16)17)22(11)20-12/h3-6,8-9H,7H2,1-2H3. The van der Waals surface area contributed by atoms with Crippen LogP contribution in [0.3, 0.4) is 0 Å². The molecule has 122 valence electrons. The van der Waals surface area contributed by atoms with Gasteiger partial charge in [-0.3, -0.25) is 0 Å². The highest BCUT2D eigenvalue weighted by atomic mass is 32.1. The van der Waals surface area contributed by atoms with Gasteiger partial charge in [0.25, 0.3) is 5.82 Å². The maximum absolute atomic E-state index is 12.9. The summed E-state index contributed by atoms with van der Waals surface area (Å²) in [6.07, 6.45) is -3.81. The normalized spacial score (nSPS) is 13.4. The fraction of sp³-hybridized carbons (Fsp3) is 0.357. The first-order valence-electron chi connectivity index (χ1n) is 6.90. The molecule has 0 aliphatic rings. The number of fused-ring (bicyclic) bond motifs is 1. The van der Waals surface area contributed by atoms with Gasteiger partial charge in [-0.2, -0.15) is 29.0 Å². The largest absolute Gasteiger partial charge is 0.453 e. The van der Waals surface area contributed by atoms with Crippen molar-refractivity contribution in [2.75, 3.05) is 11.9 Å². The van der Waals surface area contributed by atoms with Crippen molar-refractivity contribution in [3.8, 4) is 0 Å². The molecule has 1 unspecified atom stereocenters. The van der Waals surface area contributed by atoms with E-state index in [1.807, 2.05) is 30.3 Å². The number of rotatable bonds is 4. The Morgan fingerprint density at radius 1 is 1.26 bits per heavy atom. The molecule has 0 aliphatic heterocycles. The number of halogens is 3. The van der Waals surface area contributed by atoms with Crippen LogP contribution in [0.15, 0.2) is 29.0 Å². The molecule has 9 heteroatoms. The number of hydrogen-bond donors (Lipinski definition) is 0. The highest BCUT2D eigenvalue weighted by Crippen LogP contribution is 2.28. The topological polar surface area (TPSA) is 46.3 Å². The van der Waals surface area contributed by atoms with Crippen LogP contribution in [-0.2, 0) is 12.6 Å². The number of likely N-dealkylation sites (N-methyl/N-ethyl adjacent to an activating group) is 1. The second-order valence-corrected chi connectivity index (χ2v) is 6.06. The Labute approximate surface area is 134 Å². The van der Waals surface area contributed by atoms with E-state index in [0.717, 1.165) is 10.9 Å². The van der Waals surface area contributed by atoms with E-state index >= 15 is 0 Å². The third-order valence-electron chi connectivity index (χ3n) is 3.64. The van der Waals surface area contributed by atoms with Crippen molar-refractivity contribution >= 4 is 22.8 Å². The Kier molecular flexibility index (Phi) is 3.97. The molecule has 0 saturated heterocycles. The van der Waals surface area contributed by atoms with Crippen LogP contribution in [0.25, 0.3) is 5.65 Å². The number of aromatic nitrogens is 4. The summed E-state index contributed by atoms with van der Waals surface area (Å²) in [4.78, 5) is 1.84. The first-order chi connectivity index (χ1) is 10.9. The zero-order valence-electron chi connectivity index (χ0n) is 12.4. The molecule has 0 saturated carbocycles. The predicted octanol–water partition coefficient (Wildman–Crippen LogP) is 3.27. The molecule has 0 N–H and O–H groups in total. The molecule has 0 fully saturated rings. The van der Waals surface area contributed by atoms with E-state index in [2.05, 4.69) is 20.7 Å². The SMILES string of the molecule is CC(Cc1ccsc1)N(C)c1ccc2nnc(C(F)(F)F)n2n1. The quantitative estimate of drug-likeness (QED) is 0.731. The average molecular weight is 341 g/mol. The third-order valence-corrected chi connectivity index (χ3v) is 4.37. The van der Waals surface area contributed by atoms with Gasteiger partial charge >= 0.3 is 6.18 Å². The molecule has 0 aromatic carbocycles. The van der Waals surface area contributed by atoms with E-state index in [1.165, 1.54) is 11.6 Å². The summed E-state index contributed by atoms with van der Waals surface area (Å²) in [5.74, 6) is -0.682. The van der Waals surface area contributed by atoms with Crippen LogP contribution < -0.4 is 4.90 Å². The van der Waals surface area contributed by atoms with Crippen LogP contribution in [0.5, 0.6) is 0 Å². The van der Waals surface area contributed by atoms with E-state index in [1.54, 1.807) is 17.4 Å². The van der Waals surface area contributed by atoms with Crippen molar-refractivity contribution in [2.45, 2.75) is 25.6 Å². The van der Waals surface area contributed by atoms with Crippen LogP contribution in [0.1, 0.15) is 18.3 Å². The molecule has 1 atom stereocenters. The Morgan fingerprint density at radius 2 is 2.04 bits per heavy atom. The molecule has 3 aromatic heterocycles. The Bertz CT molecular complexity index is 796. The van der Waals surface area contributed by atoms with Crippen molar-refractivity contribution < 1.29 is 13.2 Å². The number of alkyl halides is 3. The Morgan fingerprint density at radius 3 is 2.70 bits per heavy atom. The van der Waals surface area contributed by atoms with Gasteiger partial charge in [-0.1, -0.05) is 0 Å². The van der Waals surface area contributed by atoms with Gasteiger partial charge in [0.15, 0.2) is 5.65 Å². The van der Waals surface area contributed by atoms with Gasteiger partial charge in [-0.05, 0) is 47.9 Å². The average Bonchev–Trinajstić information content (AvgIpc) is 3.13. The number of nitrogens with zero attached hydrogens (tertiary/aromatic N) is 5. The Hall–Kier alpha value is -2.16. The van der Waals surface area contributed by atoms with Crippen molar-refractivity contribution in [3.05, 3.63) is 40.3 Å². The molecule has 0 amide bonds. The number of thiophene rings is 1. The fourth-order valence-electron chi connectivity index (χ4n) is 2.26. The zero-order valence-corrected chi connectivity index (χ0v) is 13.3. The van der Waals surface area contributed by atoms with Gasteiger partial charge in [-0.15, -0.1) is 15.3 Å². The van der Waals surface area contributed by atoms with E-state index in [-0.39, 0.29) is 11.7 Å². The van der Waals surface area contributed by atoms with E-state index in [4.69, 9.17) is 0 Å². The summed E-state index contributed by atoms with van der Waals surface area (Å²) >= 11 is 1.62. The lowest BCUT2D eigenvalue weighted by molar-refractivity contribution is -0.146. The van der Waals surface area contributed by atoms with E-state index < -0.39 is 12.0 Å². The highest BCUT2D eigenvalue weighted by Gasteiger charge is 2.37. The molecule has 3 heterocycles. The Balaban J connectivity index is 1.90. The van der Waals surface area contributed by atoms with Crippen LogP contribution in [0.2, 0.25) is 0 Å². The van der Waals surface area contributed by atoms with Gasteiger partial charge in [0.05, 0.1) is 0 Å². The minimum absolute atomic E-state index is 0.0694. The van der Waals surface area contributed by atoms with Gasteiger partial charge in [-0.25, -0.2) is 0 Å². The predicted molar refractivity (Wildman–Crippen MR) is 81.7 cm³/mol. The third kappa shape index (κ3) is 3.14. The lowest BCUT2D eigenvalue weighted by atomic mass is 10.1. The maximum Gasteiger partial charge on any atom is 0.453 e. The molecule has 3 rings (SSSR count). The number of hydrogen-bond acceptors (Lipinski definition) is 5. The molecule has 0 spiro atoms. The second-order valence-electron chi connectivity index (χ2n) is 5.28. The molecule has 0 radical (unpaired) electrons. The minimum Gasteiger partial charge on any atom is -0.355 e. The smallest absolute Gasteiger partial charge is 0.355 e. The molecule has 3 aromatic rings. The molecule has 23 heavy (non-hydrogen) atoms. The van der Waals surface area contributed by atoms with Gasteiger partial charge in [0, 0.05) is 13.1 Å². The lowest BCUT2D eigenvalue weighted by Gasteiger charge is -2.25. The van der Waals surface area contributed by atoms with Gasteiger partial charge < -0.3 is 4.90 Å². The first-order valence-corrected chi connectivity index (χ1v) is 7.84. The van der Waals surface area contributed by atoms with E-state index in [0.29, 0.717) is 5.82 Å². The fourth-order valence-corrected chi connectivity index (χ4v) is 2.94. The second kappa shape index (κ2) is 5.80. The van der Waals surface area contributed by atoms with Crippen LogP contribution >= 0.6 is 11.3 Å². The van der Waals surface area contributed by atoms with Gasteiger partial charge in [0.1, 0.15) is 5.82 Å². The van der Waals surface area contributed by atoms with Crippen LogP contribution in [0, 0.1) is 0 Å². The highest BCUT2D eigenvalue weighted by molar-refractivity contribution is 7.07. The van der Waals surface area contributed by atoms with Crippen molar-refractivity contribution in [1.82, 2.24) is 19.8 Å². The zero-order chi connectivity index (χ0) is 16.6. The lowest BCUT2D eigenvalue weighted by Crippen LogP contribution is -2.31.